The molecule has 0 bridgehead atoms. The van der Waals surface area contributed by atoms with E-state index in [4.69, 9.17) is 0 Å². The third kappa shape index (κ3) is 4.30. The van der Waals surface area contributed by atoms with Crippen LogP contribution in [0.1, 0.15) is 25.5 Å². The van der Waals surface area contributed by atoms with Gasteiger partial charge in [-0.15, -0.1) is 5.10 Å². The molecule has 0 atom stereocenters. The van der Waals surface area contributed by atoms with E-state index >= 15 is 0 Å². The highest BCUT2D eigenvalue weighted by molar-refractivity contribution is 5.75. The zero-order valence-electron chi connectivity index (χ0n) is 15.2. The standard InChI is InChI=1S/C18H21FN6O2/c1-3-4-9-20-16(26)11-24-18(27)25-15(23-24)10-12(2)21-17(25)22-14-7-5-13(19)6-8-14/h5-8,10H,3-4,9,11H2,1-2H3,(H,20,26)(H,21,22). The molecule has 142 valence electrons. The van der Waals surface area contributed by atoms with Gasteiger partial charge in [0.2, 0.25) is 11.9 Å². The number of hydrogen-bond donors (Lipinski definition) is 2. The Bertz CT molecular complexity index is 1010. The smallest absolute Gasteiger partial charge is 0.353 e. The van der Waals surface area contributed by atoms with Gasteiger partial charge < -0.3 is 10.6 Å². The molecule has 3 rings (SSSR count). The van der Waals surface area contributed by atoms with Crippen LogP contribution in [-0.4, -0.2) is 31.6 Å². The van der Waals surface area contributed by atoms with E-state index in [0.717, 1.165) is 17.5 Å². The van der Waals surface area contributed by atoms with E-state index in [9.17, 15) is 14.0 Å². The summed E-state index contributed by atoms with van der Waals surface area (Å²) < 4.78 is 15.5. The first-order valence-corrected chi connectivity index (χ1v) is 8.74. The molecule has 0 spiro atoms. The van der Waals surface area contributed by atoms with E-state index < -0.39 is 5.69 Å². The predicted octanol–water partition coefficient (Wildman–Crippen LogP) is 2.00. The molecule has 1 amide bonds. The maximum Gasteiger partial charge on any atom is 0.353 e. The van der Waals surface area contributed by atoms with Crippen molar-refractivity contribution >= 4 is 23.2 Å². The minimum atomic E-state index is -0.479. The van der Waals surface area contributed by atoms with Crippen molar-refractivity contribution in [2.24, 2.45) is 0 Å². The first kappa shape index (κ1) is 18.6. The number of unbranched alkanes of at least 4 members (excludes halogenated alkanes) is 1. The molecule has 0 saturated carbocycles. The summed E-state index contributed by atoms with van der Waals surface area (Å²) in [5.41, 5.74) is 1.12. The summed E-state index contributed by atoms with van der Waals surface area (Å²) in [6.07, 6.45) is 1.85. The van der Waals surface area contributed by atoms with Gasteiger partial charge in [0.1, 0.15) is 12.4 Å². The fourth-order valence-electron chi connectivity index (χ4n) is 2.60. The number of fused-ring (bicyclic) bond motifs is 1. The normalized spacial score (nSPS) is 10.9. The molecular weight excluding hydrogens is 351 g/mol. The van der Waals surface area contributed by atoms with Crippen LogP contribution in [0, 0.1) is 12.7 Å². The number of rotatable bonds is 7. The van der Waals surface area contributed by atoms with Crippen LogP contribution in [0.5, 0.6) is 0 Å². The number of amides is 1. The number of nitrogens with one attached hydrogen (secondary N) is 2. The van der Waals surface area contributed by atoms with Gasteiger partial charge in [-0.2, -0.15) is 0 Å². The summed E-state index contributed by atoms with van der Waals surface area (Å²) in [5.74, 6) is -0.382. The molecular formula is C18H21FN6O2. The lowest BCUT2D eigenvalue weighted by Crippen LogP contribution is -2.33. The molecule has 8 nitrogen and oxygen atoms in total. The van der Waals surface area contributed by atoms with Crippen molar-refractivity contribution in [3.63, 3.8) is 0 Å². The van der Waals surface area contributed by atoms with Gasteiger partial charge in [0.15, 0.2) is 5.65 Å². The Kier molecular flexibility index (Phi) is 5.49. The maximum absolute atomic E-state index is 13.1. The number of aromatic nitrogens is 4. The molecule has 0 fully saturated rings. The third-order valence-electron chi connectivity index (χ3n) is 3.94. The molecule has 3 aromatic rings. The van der Waals surface area contributed by atoms with Crippen molar-refractivity contribution in [3.05, 3.63) is 52.3 Å². The number of carbonyl (C=O) groups is 1. The Morgan fingerprint density at radius 2 is 2.00 bits per heavy atom. The second-order valence-electron chi connectivity index (χ2n) is 6.19. The Labute approximate surface area is 155 Å². The molecule has 0 aliphatic carbocycles. The summed E-state index contributed by atoms with van der Waals surface area (Å²) in [5, 5.41) is 9.98. The maximum atomic E-state index is 13.1. The first-order valence-electron chi connectivity index (χ1n) is 8.74. The van der Waals surface area contributed by atoms with Crippen molar-refractivity contribution < 1.29 is 9.18 Å². The largest absolute Gasteiger partial charge is 0.354 e. The van der Waals surface area contributed by atoms with Gasteiger partial charge in [0.25, 0.3) is 0 Å². The Morgan fingerprint density at radius 1 is 1.26 bits per heavy atom. The molecule has 2 aromatic heterocycles. The quantitative estimate of drug-likeness (QED) is 0.619. The zero-order chi connectivity index (χ0) is 19.4. The molecule has 1 aromatic carbocycles. The van der Waals surface area contributed by atoms with Crippen LogP contribution in [0.25, 0.3) is 5.65 Å². The highest BCUT2D eigenvalue weighted by Gasteiger charge is 2.15. The summed E-state index contributed by atoms with van der Waals surface area (Å²) in [6, 6.07) is 7.36. The second kappa shape index (κ2) is 7.98. The number of anilines is 2. The minimum absolute atomic E-state index is 0.167. The number of halogens is 1. The summed E-state index contributed by atoms with van der Waals surface area (Å²) >= 11 is 0. The fraction of sp³-hybridized carbons (Fsp3) is 0.333. The molecule has 2 heterocycles. The average molecular weight is 372 g/mol. The Morgan fingerprint density at radius 3 is 2.70 bits per heavy atom. The molecule has 0 unspecified atom stereocenters. The lowest BCUT2D eigenvalue weighted by Gasteiger charge is -2.07. The van der Waals surface area contributed by atoms with Crippen LogP contribution in [0.2, 0.25) is 0 Å². The number of aryl methyl sites for hydroxylation is 1. The topological polar surface area (TPSA) is 93.3 Å². The number of hydrogen-bond acceptors (Lipinski definition) is 5. The van der Waals surface area contributed by atoms with E-state index in [1.54, 1.807) is 25.1 Å². The molecule has 0 aliphatic heterocycles. The van der Waals surface area contributed by atoms with Crippen LogP contribution in [-0.2, 0) is 11.3 Å². The summed E-state index contributed by atoms with van der Waals surface area (Å²) in [7, 11) is 0. The summed E-state index contributed by atoms with van der Waals surface area (Å²) in [4.78, 5) is 29.1. The molecule has 2 N–H and O–H groups in total. The van der Waals surface area contributed by atoms with Gasteiger partial charge in [-0.25, -0.2) is 23.3 Å². The van der Waals surface area contributed by atoms with E-state index in [0.29, 0.717) is 23.6 Å². The average Bonchev–Trinajstić information content (AvgIpc) is 2.92. The molecule has 0 radical (unpaired) electrons. The van der Waals surface area contributed by atoms with E-state index in [2.05, 4.69) is 20.7 Å². The first-order chi connectivity index (χ1) is 13.0. The van der Waals surface area contributed by atoms with Gasteiger partial charge in [0, 0.05) is 24.0 Å². The lowest BCUT2D eigenvalue weighted by molar-refractivity contribution is -0.121. The number of benzene rings is 1. The minimum Gasteiger partial charge on any atom is -0.354 e. The van der Waals surface area contributed by atoms with Crippen molar-refractivity contribution in [2.45, 2.75) is 33.2 Å². The van der Waals surface area contributed by atoms with Crippen LogP contribution < -0.4 is 16.3 Å². The SMILES string of the molecule is CCCCNC(=O)Cn1nc2cc(C)nc(Nc3ccc(F)cc3)n2c1=O. The Hall–Kier alpha value is -3.23. The van der Waals surface area contributed by atoms with Crippen LogP contribution >= 0.6 is 0 Å². The predicted molar refractivity (Wildman–Crippen MR) is 99.6 cm³/mol. The molecule has 0 saturated heterocycles. The van der Waals surface area contributed by atoms with Crippen molar-refractivity contribution in [1.29, 1.82) is 0 Å². The van der Waals surface area contributed by atoms with Crippen LogP contribution in [0.15, 0.2) is 35.1 Å². The van der Waals surface area contributed by atoms with Gasteiger partial charge in [-0.1, -0.05) is 13.3 Å². The number of nitrogens with zero attached hydrogens (tertiary/aromatic N) is 4. The lowest BCUT2D eigenvalue weighted by atomic mass is 10.3. The van der Waals surface area contributed by atoms with Crippen molar-refractivity contribution in [3.8, 4) is 0 Å². The summed E-state index contributed by atoms with van der Waals surface area (Å²) in [6.45, 7) is 4.20. The van der Waals surface area contributed by atoms with Crippen molar-refractivity contribution in [2.75, 3.05) is 11.9 Å². The van der Waals surface area contributed by atoms with E-state index in [1.807, 2.05) is 6.92 Å². The van der Waals surface area contributed by atoms with E-state index in [-0.39, 0.29) is 24.2 Å². The van der Waals surface area contributed by atoms with Gasteiger partial charge in [-0.05, 0) is 37.6 Å². The fourth-order valence-corrected chi connectivity index (χ4v) is 2.60. The highest BCUT2D eigenvalue weighted by Crippen LogP contribution is 2.16. The zero-order valence-corrected chi connectivity index (χ0v) is 15.2. The Balaban J connectivity index is 1.91. The van der Waals surface area contributed by atoms with Crippen molar-refractivity contribution in [1.82, 2.24) is 24.5 Å². The van der Waals surface area contributed by atoms with Crippen LogP contribution in [0.3, 0.4) is 0 Å². The van der Waals surface area contributed by atoms with Gasteiger partial charge >= 0.3 is 5.69 Å². The number of carbonyl (C=O) groups excluding carboxylic acids is 1. The van der Waals surface area contributed by atoms with Gasteiger partial charge in [0.05, 0.1) is 0 Å². The molecule has 27 heavy (non-hydrogen) atoms. The molecule has 0 aliphatic rings. The molecule has 9 heteroatoms. The van der Waals surface area contributed by atoms with E-state index in [1.165, 1.54) is 16.5 Å². The second-order valence-corrected chi connectivity index (χ2v) is 6.19. The monoisotopic (exact) mass is 372 g/mol. The third-order valence-corrected chi connectivity index (χ3v) is 3.94. The van der Waals surface area contributed by atoms with Gasteiger partial charge in [-0.3, -0.25) is 4.79 Å². The van der Waals surface area contributed by atoms with Crippen LogP contribution in [0.4, 0.5) is 16.0 Å². The highest BCUT2D eigenvalue weighted by atomic mass is 19.1.